The lowest BCUT2D eigenvalue weighted by molar-refractivity contribution is -0.139. The van der Waals surface area contributed by atoms with Gasteiger partial charge in [0, 0.05) is 24.1 Å². The van der Waals surface area contributed by atoms with E-state index >= 15 is 0 Å². The maximum absolute atomic E-state index is 10.8. The van der Waals surface area contributed by atoms with E-state index in [1.165, 1.54) is 21.9 Å². The molecule has 1 aliphatic heterocycles. The van der Waals surface area contributed by atoms with Gasteiger partial charge in [-0.25, -0.2) is 4.79 Å². The molecule has 5 rings (SSSR count). The number of nitrogens with one attached hydrogen (secondary N) is 1. The lowest BCUT2D eigenvalue weighted by Gasteiger charge is -2.33. The SMILES string of the molecule is C[C@@H](NC[C@H]1C[C@@H](c2ccc(OCC(=O)O)cc2)c2ccccc2O1)c1cccc2ccccc12. The van der Waals surface area contributed by atoms with Crippen LogP contribution in [0.2, 0.25) is 0 Å². The molecule has 0 fully saturated rings. The second-order valence-corrected chi connectivity index (χ2v) is 9.02. The Labute approximate surface area is 205 Å². The molecule has 0 bridgehead atoms. The first kappa shape index (κ1) is 22.9. The van der Waals surface area contributed by atoms with Crippen LogP contribution >= 0.6 is 0 Å². The van der Waals surface area contributed by atoms with Crippen molar-refractivity contribution in [3.8, 4) is 11.5 Å². The summed E-state index contributed by atoms with van der Waals surface area (Å²) < 4.78 is 11.7. The van der Waals surface area contributed by atoms with Crippen molar-refractivity contribution in [2.75, 3.05) is 13.2 Å². The van der Waals surface area contributed by atoms with Gasteiger partial charge in [0.2, 0.25) is 0 Å². The average Bonchev–Trinajstić information content (AvgIpc) is 2.90. The normalized spacial score (nSPS) is 17.9. The molecule has 3 atom stereocenters. The summed E-state index contributed by atoms with van der Waals surface area (Å²) in [5.41, 5.74) is 3.62. The number of rotatable bonds is 8. The Kier molecular flexibility index (Phi) is 6.68. The Bertz CT molecular complexity index is 1310. The minimum atomic E-state index is -0.986. The first-order chi connectivity index (χ1) is 17.1. The number of benzene rings is 4. The van der Waals surface area contributed by atoms with Crippen LogP contribution < -0.4 is 14.8 Å². The van der Waals surface area contributed by atoms with E-state index in [1.54, 1.807) is 0 Å². The summed E-state index contributed by atoms with van der Waals surface area (Å²) in [4.78, 5) is 10.8. The summed E-state index contributed by atoms with van der Waals surface area (Å²) in [7, 11) is 0. The summed E-state index contributed by atoms with van der Waals surface area (Å²) in [6, 6.07) is 31.0. The van der Waals surface area contributed by atoms with E-state index in [0.29, 0.717) is 5.75 Å². The van der Waals surface area contributed by atoms with Crippen LogP contribution in [0.1, 0.15) is 42.0 Å². The van der Waals surface area contributed by atoms with E-state index in [9.17, 15) is 4.79 Å². The molecule has 1 heterocycles. The molecule has 4 aromatic carbocycles. The fraction of sp³-hybridized carbons (Fsp3) is 0.233. The zero-order valence-electron chi connectivity index (χ0n) is 19.7. The first-order valence-corrected chi connectivity index (χ1v) is 12.0. The average molecular weight is 468 g/mol. The van der Waals surface area contributed by atoms with Crippen molar-refractivity contribution in [3.05, 3.63) is 108 Å². The molecule has 0 unspecified atom stereocenters. The Morgan fingerprint density at radius 2 is 1.74 bits per heavy atom. The monoisotopic (exact) mass is 467 g/mol. The second kappa shape index (κ2) is 10.2. The van der Waals surface area contributed by atoms with Crippen LogP contribution in [0.15, 0.2) is 91.0 Å². The highest BCUT2D eigenvalue weighted by molar-refractivity contribution is 5.86. The summed E-state index contributed by atoms with van der Waals surface area (Å²) in [5.74, 6) is 0.673. The van der Waals surface area contributed by atoms with E-state index < -0.39 is 5.97 Å². The van der Waals surface area contributed by atoms with Gasteiger partial charge in [0.1, 0.15) is 17.6 Å². The topological polar surface area (TPSA) is 67.8 Å². The highest BCUT2D eigenvalue weighted by atomic mass is 16.5. The van der Waals surface area contributed by atoms with Gasteiger partial charge in [-0.1, -0.05) is 72.8 Å². The molecule has 0 aromatic heterocycles. The van der Waals surface area contributed by atoms with Gasteiger partial charge in [0.15, 0.2) is 6.61 Å². The smallest absolute Gasteiger partial charge is 0.341 e. The van der Waals surface area contributed by atoms with Gasteiger partial charge in [-0.05, 0) is 53.4 Å². The molecule has 4 aromatic rings. The summed E-state index contributed by atoms with van der Waals surface area (Å²) in [5, 5.41) is 15.1. The number of hydrogen-bond acceptors (Lipinski definition) is 4. The van der Waals surface area contributed by atoms with Crippen LogP contribution in [0.5, 0.6) is 11.5 Å². The molecular weight excluding hydrogens is 438 g/mol. The highest BCUT2D eigenvalue weighted by Gasteiger charge is 2.29. The van der Waals surface area contributed by atoms with Gasteiger partial charge in [-0.2, -0.15) is 0 Å². The Morgan fingerprint density at radius 3 is 2.57 bits per heavy atom. The third kappa shape index (κ3) is 5.15. The van der Waals surface area contributed by atoms with Gasteiger partial charge in [-0.3, -0.25) is 0 Å². The molecule has 0 saturated heterocycles. The molecular formula is C30H29NO4. The van der Waals surface area contributed by atoms with Gasteiger partial charge in [0.05, 0.1) is 0 Å². The standard InChI is InChI=1S/C30H29NO4/c1-20(25-11-6-8-21-7-2-3-9-26(21)25)31-18-24-17-28(27-10-4-5-12-29(27)35-24)22-13-15-23(16-14-22)34-19-30(32)33/h2-16,20,24,28,31H,17-19H2,1H3,(H,32,33)/t20-,24-,28+/m1/s1. The minimum absolute atomic E-state index is 0.0234. The zero-order chi connectivity index (χ0) is 24.2. The van der Waals surface area contributed by atoms with E-state index in [-0.39, 0.29) is 24.7 Å². The van der Waals surface area contributed by atoms with Crippen molar-refractivity contribution in [1.82, 2.24) is 5.32 Å². The van der Waals surface area contributed by atoms with Gasteiger partial charge in [-0.15, -0.1) is 0 Å². The quantitative estimate of drug-likeness (QED) is 0.336. The predicted molar refractivity (Wildman–Crippen MR) is 137 cm³/mol. The zero-order valence-corrected chi connectivity index (χ0v) is 19.7. The van der Waals surface area contributed by atoms with Crippen LogP contribution in [0.4, 0.5) is 0 Å². The molecule has 0 saturated carbocycles. The molecule has 5 nitrogen and oxygen atoms in total. The molecule has 35 heavy (non-hydrogen) atoms. The lowest BCUT2D eigenvalue weighted by Crippen LogP contribution is -2.37. The van der Waals surface area contributed by atoms with E-state index in [0.717, 1.165) is 24.3 Å². The molecule has 178 valence electrons. The van der Waals surface area contributed by atoms with Crippen LogP contribution in [0, 0.1) is 0 Å². The fourth-order valence-corrected chi connectivity index (χ4v) is 4.92. The van der Waals surface area contributed by atoms with Gasteiger partial charge >= 0.3 is 5.97 Å². The summed E-state index contributed by atoms with van der Waals surface area (Å²) in [6.07, 6.45) is 0.872. The molecule has 0 amide bonds. The third-order valence-corrected chi connectivity index (χ3v) is 6.67. The number of carbonyl (C=O) groups is 1. The number of fused-ring (bicyclic) bond motifs is 2. The van der Waals surface area contributed by atoms with Gasteiger partial charge in [0.25, 0.3) is 0 Å². The largest absolute Gasteiger partial charge is 0.489 e. The number of para-hydroxylation sites is 1. The van der Waals surface area contributed by atoms with Crippen LogP contribution in [0.25, 0.3) is 10.8 Å². The van der Waals surface area contributed by atoms with E-state index in [1.807, 2.05) is 42.5 Å². The third-order valence-electron chi connectivity index (χ3n) is 6.67. The van der Waals surface area contributed by atoms with Crippen molar-refractivity contribution in [2.24, 2.45) is 0 Å². The number of aliphatic carboxylic acids is 1. The van der Waals surface area contributed by atoms with Crippen LogP contribution in [-0.4, -0.2) is 30.3 Å². The van der Waals surface area contributed by atoms with E-state index in [4.69, 9.17) is 14.6 Å². The maximum atomic E-state index is 10.8. The highest BCUT2D eigenvalue weighted by Crippen LogP contribution is 2.40. The van der Waals surface area contributed by atoms with Crippen molar-refractivity contribution in [2.45, 2.75) is 31.4 Å². The fourth-order valence-electron chi connectivity index (χ4n) is 4.92. The van der Waals surface area contributed by atoms with E-state index in [2.05, 4.69) is 60.8 Å². The molecule has 0 spiro atoms. The summed E-state index contributed by atoms with van der Waals surface area (Å²) in [6.45, 7) is 2.59. The van der Waals surface area contributed by atoms with Crippen molar-refractivity contribution < 1.29 is 19.4 Å². The summed E-state index contributed by atoms with van der Waals surface area (Å²) >= 11 is 0. The number of ether oxygens (including phenoxy) is 2. The molecule has 0 aliphatic carbocycles. The van der Waals surface area contributed by atoms with Gasteiger partial charge < -0.3 is 19.9 Å². The number of carboxylic acids is 1. The lowest BCUT2D eigenvalue weighted by atomic mass is 9.84. The number of hydrogen-bond donors (Lipinski definition) is 2. The van der Waals surface area contributed by atoms with Crippen LogP contribution in [0.3, 0.4) is 0 Å². The Hall–Kier alpha value is -3.83. The van der Waals surface area contributed by atoms with Crippen molar-refractivity contribution in [3.63, 3.8) is 0 Å². The number of carboxylic acid groups (broad SMARTS) is 1. The minimum Gasteiger partial charge on any atom is -0.489 e. The predicted octanol–water partition coefficient (Wildman–Crippen LogP) is 5.94. The second-order valence-electron chi connectivity index (χ2n) is 9.02. The molecule has 1 aliphatic rings. The molecule has 5 heteroatoms. The first-order valence-electron chi connectivity index (χ1n) is 12.0. The molecule has 2 N–H and O–H groups in total. The Balaban J connectivity index is 1.32. The molecule has 0 radical (unpaired) electrons. The van der Waals surface area contributed by atoms with Crippen molar-refractivity contribution in [1.29, 1.82) is 0 Å². The van der Waals surface area contributed by atoms with Crippen LogP contribution in [-0.2, 0) is 4.79 Å². The Morgan fingerprint density at radius 1 is 1.00 bits per heavy atom. The van der Waals surface area contributed by atoms with Crippen molar-refractivity contribution >= 4 is 16.7 Å². The maximum Gasteiger partial charge on any atom is 0.341 e.